The van der Waals surface area contributed by atoms with Gasteiger partial charge in [-0.3, -0.25) is 4.68 Å². The summed E-state index contributed by atoms with van der Waals surface area (Å²) in [5.74, 6) is 0. The van der Waals surface area contributed by atoms with Crippen LogP contribution in [0.4, 0.5) is 0 Å². The van der Waals surface area contributed by atoms with E-state index >= 15 is 0 Å². The Hall–Kier alpha value is -0.910. The summed E-state index contributed by atoms with van der Waals surface area (Å²) in [6, 6.07) is 2.14. The smallest absolute Gasteiger partial charge is 0.0826 e. The molecule has 2 rings (SSSR count). The van der Waals surface area contributed by atoms with E-state index in [0.717, 1.165) is 45.0 Å². The first-order valence-electron chi connectivity index (χ1n) is 6.73. The second kappa shape index (κ2) is 6.31. The largest absolute Gasteiger partial charge is 0.374 e. The fourth-order valence-electron chi connectivity index (χ4n) is 2.37. The molecule has 1 saturated heterocycles. The highest BCUT2D eigenvalue weighted by molar-refractivity contribution is 5.08. The molecule has 0 saturated carbocycles. The molecule has 5 nitrogen and oxygen atoms in total. The molecule has 0 bridgehead atoms. The maximum Gasteiger partial charge on any atom is 0.0826 e. The molecule has 2 heterocycles. The van der Waals surface area contributed by atoms with Gasteiger partial charge in [-0.2, -0.15) is 5.10 Å². The van der Waals surface area contributed by atoms with Gasteiger partial charge in [-0.05, 0) is 27.0 Å². The highest BCUT2D eigenvalue weighted by Gasteiger charge is 2.17. The monoisotopic (exact) mass is 252 g/mol. The molecule has 0 aliphatic carbocycles. The molecule has 1 aliphatic heterocycles. The molecule has 18 heavy (non-hydrogen) atoms. The summed E-state index contributed by atoms with van der Waals surface area (Å²) in [5, 5.41) is 7.91. The number of morpholine rings is 1. The molecular formula is C13H24N4O. The normalized spacial score (nSPS) is 21.4. The molecule has 1 aromatic heterocycles. The van der Waals surface area contributed by atoms with Crippen molar-refractivity contribution in [3.05, 3.63) is 17.5 Å². The fourth-order valence-corrected chi connectivity index (χ4v) is 2.37. The van der Waals surface area contributed by atoms with E-state index in [4.69, 9.17) is 4.74 Å². The quantitative estimate of drug-likeness (QED) is 0.835. The molecule has 5 heteroatoms. The van der Waals surface area contributed by atoms with E-state index in [9.17, 15) is 0 Å². The minimum atomic E-state index is 0.308. The fraction of sp³-hybridized carbons (Fsp3) is 0.769. The Labute approximate surface area is 109 Å². The summed E-state index contributed by atoms with van der Waals surface area (Å²) in [4.78, 5) is 2.32. The third-order valence-corrected chi connectivity index (χ3v) is 3.31. The molecule has 1 unspecified atom stereocenters. The van der Waals surface area contributed by atoms with E-state index in [1.54, 1.807) is 0 Å². The highest BCUT2D eigenvalue weighted by Crippen LogP contribution is 2.05. The van der Waals surface area contributed by atoms with Gasteiger partial charge >= 0.3 is 0 Å². The van der Waals surface area contributed by atoms with Gasteiger partial charge in [0.1, 0.15) is 0 Å². The van der Waals surface area contributed by atoms with Gasteiger partial charge in [-0.25, -0.2) is 0 Å². The van der Waals surface area contributed by atoms with Crippen molar-refractivity contribution in [1.82, 2.24) is 20.0 Å². The van der Waals surface area contributed by atoms with Crippen molar-refractivity contribution in [2.75, 3.05) is 33.3 Å². The van der Waals surface area contributed by atoms with Crippen LogP contribution < -0.4 is 5.32 Å². The first-order chi connectivity index (χ1) is 8.69. The predicted octanol–water partition coefficient (Wildman–Crippen LogP) is 0.632. The van der Waals surface area contributed by atoms with Gasteiger partial charge in [0.05, 0.1) is 24.1 Å². The van der Waals surface area contributed by atoms with Crippen molar-refractivity contribution in [2.24, 2.45) is 0 Å². The minimum absolute atomic E-state index is 0.308. The van der Waals surface area contributed by atoms with Crippen LogP contribution >= 0.6 is 0 Å². The van der Waals surface area contributed by atoms with Crippen LogP contribution in [-0.4, -0.2) is 54.1 Å². The molecule has 102 valence electrons. The predicted molar refractivity (Wildman–Crippen MR) is 71.6 cm³/mol. The van der Waals surface area contributed by atoms with Crippen molar-refractivity contribution in [2.45, 2.75) is 33.0 Å². The van der Waals surface area contributed by atoms with Crippen molar-refractivity contribution >= 4 is 0 Å². The lowest BCUT2D eigenvalue weighted by Gasteiger charge is -2.30. The maximum atomic E-state index is 5.72. The van der Waals surface area contributed by atoms with Crippen LogP contribution in [0, 0.1) is 6.92 Å². The lowest BCUT2D eigenvalue weighted by atomic mass is 10.2. The summed E-state index contributed by atoms with van der Waals surface area (Å²) in [7, 11) is 2.14. The minimum Gasteiger partial charge on any atom is -0.374 e. The topological polar surface area (TPSA) is 42.3 Å². The molecule has 0 spiro atoms. The summed E-state index contributed by atoms with van der Waals surface area (Å²) < 4.78 is 7.77. The Kier molecular flexibility index (Phi) is 4.74. The summed E-state index contributed by atoms with van der Waals surface area (Å²) in [5.41, 5.74) is 2.33. The first-order valence-corrected chi connectivity index (χ1v) is 6.73. The number of rotatable bonds is 5. The van der Waals surface area contributed by atoms with Crippen LogP contribution in [0.2, 0.25) is 0 Å². The summed E-state index contributed by atoms with van der Waals surface area (Å²) in [6.45, 7) is 9.74. The van der Waals surface area contributed by atoms with E-state index < -0.39 is 0 Å². The lowest BCUT2D eigenvalue weighted by Crippen LogP contribution is -2.44. The van der Waals surface area contributed by atoms with Crippen molar-refractivity contribution < 1.29 is 4.74 Å². The Morgan fingerprint density at radius 2 is 2.39 bits per heavy atom. The van der Waals surface area contributed by atoms with Crippen molar-refractivity contribution in [3.63, 3.8) is 0 Å². The molecule has 0 aromatic carbocycles. The number of ether oxygens (including phenoxy) is 1. The molecule has 1 aromatic rings. The number of hydrogen-bond donors (Lipinski definition) is 1. The third-order valence-electron chi connectivity index (χ3n) is 3.31. The Morgan fingerprint density at radius 3 is 3.11 bits per heavy atom. The number of nitrogens with zero attached hydrogens (tertiary/aromatic N) is 3. The Morgan fingerprint density at radius 1 is 1.56 bits per heavy atom. The maximum absolute atomic E-state index is 5.72. The molecule has 0 amide bonds. The first kappa shape index (κ1) is 13.5. The zero-order valence-electron chi connectivity index (χ0n) is 11.6. The van der Waals surface area contributed by atoms with Gasteiger partial charge in [0.15, 0.2) is 0 Å². The number of likely N-dealkylation sites (N-methyl/N-ethyl adjacent to an activating group) is 1. The molecule has 1 aliphatic rings. The van der Waals surface area contributed by atoms with Crippen LogP contribution in [0.3, 0.4) is 0 Å². The van der Waals surface area contributed by atoms with E-state index in [1.807, 2.05) is 6.92 Å². The highest BCUT2D eigenvalue weighted by atomic mass is 16.5. The molecule has 0 radical (unpaired) electrons. The third kappa shape index (κ3) is 3.54. The van der Waals surface area contributed by atoms with Crippen LogP contribution in [0.1, 0.15) is 18.3 Å². The number of hydrogen-bond acceptors (Lipinski definition) is 4. The van der Waals surface area contributed by atoms with Crippen LogP contribution in [0.5, 0.6) is 0 Å². The number of aromatic nitrogens is 2. The van der Waals surface area contributed by atoms with Gasteiger partial charge in [-0.1, -0.05) is 0 Å². The van der Waals surface area contributed by atoms with Gasteiger partial charge < -0.3 is 15.0 Å². The van der Waals surface area contributed by atoms with Crippen molar-refractivity contribution in [3.8, 4) is 0 Å². The SMILES string of the molecule is CCn1nc(C)cc1CNCC1CN(C)CCO1. The van der Waals surface area contributed by atoms with E-state index in [1.165, 1.54) is 5.69 Å². The lowest BCUT2D eigenvalue weighted by molar-refractivity contribution is -0.0182. The van der Waals surface area contributed by atoms with Crippen LogP contribution in [-0.2, 0) is 17.8 Å². The zero-order chi connectivity index (χ0) is 13.0. The van der Waals surface area contributed by atoms with Gasteiger partial charge in [-0.15, -0.1) is 0 Å². The Balaban J connectivity index is 1.77. The van der Waals surface area contributed by atoms with Gasteiger partial charge in [0, 0.05) is 32.7 Å². The van der Waals surface area contributed by atoms with E-state index in [-0.39, 0.29) is 0 Å². The van der Waals surface area contributed by atoms with Crippen LogP contribution in [0.15, 0.2) is 6.07 Å². The second-order valence-electron chi connectivity index (χ2n) is 4.98. The average molecular weight is 252 g/mol. The standard InChI is InChI=1S/C13H24N4O/c1-4-17-12(7-11(2)15-17)8-14-9-13-10-16(3)5-6-18-13/h7,13-14H,4-6,8-10H2,1-3H3. The second-order valence-corrected chi connectivity index (χ2v) is 4.98. The van der Waals surface area contributed by atoms with Crippen LogP contribution in [0.25, 0.3) is 0 Å². The Bertz CT molecular complexity index is 377. The van der Waals surface area contributed by atoms with Gasteiger partial charge in [0.2, 0.25) is 0 Å². The van der Waals surface area contributed by atoms with E-state index in [2.05, 4.69) is 40.0 Å². The average Bonchev–Trinajstić information content (AvgIpc) is 2.70. The van der Waals surface area contributed by atoms with Gasteiger partial charge in [0.25, 0.3) is 0 Å². The molecular weight excluding hydrogens is 228 g/mol. The molecule has 1 fully saturated rings. The summed E-state index contributed by atoms with van der Waals surface area (Å²) in [6.07, 6.45) is 0.308. The molecule has 1 N–H and O–H groups in total. The number of aryl methyl sites for hydroxylation is 2. The van der Waals surface area contributed by atoms with Crippen molar-refractivity contribution in [1.29, 1.82) is 0 Å². The summed E-state index contributed by atoms with van der Waals surface area (Å²) >= 11 is 0. The zero-order valence-corrected chi connectivity index (χ0v) is 11.6. The number of nitrogens with one attached hydrogen (secondary N) is 1. The van der Waals surface area contributed by atoms with E-state index in [0.29, 0.717) is 6.10 Å². The molecule has 1 atom stereocenters.